The van der Waals surface area contributed by atoms with Crippen molar-refractivity contribution in [3.8, 4) is 5.75 Å². The van der Waals surface area contributed by atoms with Gasteiger partial charge >= 0.3 is 0 Å². The van der Waals surface area contributed by atoms with Crippen LogP contribution in [0, 0.1) is 0 Å². The van der Waals surface area contributed by atoms with Crippen molar-refractivity contribution in [2.24, 2.45) is 5.73 Å². The first kappa shape index (κ1) is 12.3. The van der Waals surface area contributed by atoms with E-state index in [1.54, 1.807) is 10.9 Å². The third-order valence-corrected chi connectivity index (χ3v) is 2.41. The summed E-state index contributed by atoms with van der Waals surface area (Å²) in [5.74, 6) is 0.00838. The van der Waals surface area contributed by atoms with Crippen LogP contribution >= 0.6 is 0 Å². The molecule has 7 heteroatoms. The van der Waals surface area contributed by atoms with Crippen LogP contribution in [0.3, 0.4) is 0 Å². The normalized spacial score (nSPS) is 10.7. The molecule has 0 amide bonds. The molecule has 0 aromatic carbocycles. The van der Waals surface area contributed by atoms with Crippen LogP contribution in [0.2, 0.25) is 0 Å². The second kappa shape index (κ2) is 5.46. The Morgan fingerprint density at radius 1 is 1.50 bits per heavy atom. The van der Waals surface area contributed by atoms with E-state index >= 15 is 0 Å². The molecule has 0 saturated heterocycles. The smallest absolute Gasteiger partial charge is 0.226 e. The Morgan fingerprint density at radius 3 is 3.06 bits per heavy atom. The Hall–Kier alpha value is -2.15. The van der Waals surface area contributed by atoms with Crippen LogP contribution in [-0.2, 0) is 13.0 Å². The largest absolute Gasteiger partial charge is 0.502 e. The first-order valence-electron chi connectivity index (χ1n) is 5.59. The number of aromatic nitrogens is 3. The highest BCUT2D eigenvalue weighted by Gasteiger charge is 2.05. The summed E-state index contributed by atoms with van der Waals surface area (Å²) in [6, 6.07) is 1.23. The van der Waals surface area contributed by atoms with Crippen molar-refractivity contribution >= 4 is 0 Å². The number of aromatic hydroxyl groups is 1. The summed E-state index contributed by atoms with van der Waals surface area (Å²) in [5.41, 5.74) is 5.79. The minimum atomic E-state index is -0.472. The Labute approximate surface area is 103 Å². The van der Waals surface area contributed by atoms with Crippen LogP contribution in [0.25, 0.3) is 0 Å². The lowest BCUT2D eigenvalue weighted by Crippen LogP contribution is -2.05. The van der Waals surface area contributed by atoms with E-state index in [9.17, 15) is 4.79 Å². The highest BCUT2D eigenvalue weighted by molar-refractivity contribution is 5.15. The molecule has 7 nitrogen and oxygen atoms in total. The molecule has 0 aliphatic heterocycles. The molecular formula is C11H14N4O3. The third kappa shape index (κ3) is 2.95. The maximum absolute atomic E-state index is 11.2. The summed E-state index contributed by atoms with van der Waals surface area (Å²) in [5, 5.41) is 17.0. The minimum absolute atomic E-state index is 0.297. The predicted molar refractivity (Wildman–Crippen MR) is 63.1 cm³/mol. The van der Waals surface area contributed by atoms with Gasteiger partial charge in [-0.15, -0.1) is 5.10 Å². The SMILES string of the molecule is NCCCc1cn(Cc2cc(=O)c(O)co2)nn1. The molecule has 0 unspecified atom stereocenters. The van der Waals surface area contributed by atoms with Crippen molar-refractivity contribution in [1.29, 1.82) is 0 Å². The van der Waals surface area contributed by atoms with E-state index in [0.29, 0.717) is 18.8 Å². The molecule has 0 aliphatic rings. The fourth-order valence-corrected chi connectivity index (χ4v) is 1.50. The Morgan fingerprint density at radius 2 is 2.33 bits per heavy atom. The van der Waals surface area contributed by atoms with Crippen LogP contribution in [0.4, 0.5) is 0 Å². The van der Waals surface area contributed by atoms with Crippen molar-refractivity contribution < 1.29 is 9.52 Å². The Kier molecular flexibility index (Phi) is 3.73. The van der Waals surface area contributed by atoms with Gasteiger partial charge in [-0.1, -0.05) is 5.21 Å². The average Bonchev–Trinajstić information content (AvgIpc) is 2.79. The summed E-state index contributed by atoms with van der Waals surface area (Å²) in [6.45, 7) is 0.908. The van der Waals surface area contributed by atoms with Gasteiger partial charge in [-0.25, -0.2) is 4.68 Å². The lowest BCUT2D eigenvalue weighted by Gasteiger charge is -1.99. The van der Waals surface area contributed by atoms with E-state index in [1.165, 1.54) is 6.07 Å². The molecule has 2 aromatic heterocycles. The molecule has 0 radical (unpaired) electrons. The van der Waals surface area contributed by atoms with Gasteiger partial charge in [0.15, 0.2) is 5.75 Å². The van der Waals surface area contributed by atoms with Gasteiger partial charge < -0.3 is 15.3 Å². The molecule has 0 atom stereocenters. The maximum atomic E-state index is 11.2. The van der Waals surface area contributed by atoms with Crippen molar-refractivity contribution in [3.05, 3.63) is 40.2 Å². The Bertz CT molecular complexity index is 576. The van der Waals surface area contributed by atoms with E-state index in [4.69, 9.17) is 15.3 Å². The summed E-state index contributed by atoms with van der Waals surface area (Å²) >= 11 is 0. The van der Waals surface area contributed by atoms with Gasteiger partial charge in [0.1, 0.15) is 18.6 Å². The van der Waals surface area contributed by atoms with Crippen LogP contribution in [-0.4, -0.2) is 26.6 Å². The molecular weight excluding hydrogens is 236 g/mol. The van der Waals surface area contributed by atoms with Crippen molar-refractivity contribution in [2.75, 3.05) is 6.54 Å². The number of nitrogens with zero attached hydrogens (tertiary/aromatic N) is 3. The van der Waals surface area contributed by atoms with E-state index in [-0.39, 0.29) is 0 Å². The second-order valence-electron chi connectivity index (χ2n) is 3.90. The highest BCUT2D eigenvalue weighted by Crippen LogP contribution is 2.05. The fraction of sp³-hybridized carbons (Fsp3) is 0.364. The molecule has 3 N–H and O–H groups in total. The van der Waals surface area contributed by atoms with Gasteiger partial charge in [-0.05, 0) is 19.4 Å². The molecule has 2 heterocycles. The number of aryl methyl sites for hydroxylation is 1. The summed E-state index contributed by atoms with van der Waals surface area (Å²) in [4.78, 5) is 11.2. The first-order valence-corrected chi connectivity index (χ1v) is 5.59. The van der Waals surface area contributed by atoms with Crippen molar-refractivity contribution in [1.82, 2.24) is 15.0 Å². The highest BCUT2D eigenvalue weighted by atomic mass is 16.4. The van der Waals surface area contributed by atoms with Crippen LogP contribution < -0.4 is 11.2 Å². The second-order valence-corrected chi connectivity index (χ2v) is 3.90. The van der Waals surface area contributed by atoms with E-state index in [2.05, 4.69) is 10.3 Å². The van der Waals surface area contributed by atoms with Gasteiger partial charge in [0.2, 0.25) is 5.43 Å². The molecule has 96 valence electrons. The van der Waals surface area contributed by atoms with Crippen LogP contribution in [0.1, 0.15) is 17.9 Å². The first-order chi connectivity index (χ1) is 8.69. The number of nitrogens with two attached hydrogens (primary N) is 1. The van der Waals surface area contributed by atoms with Gasteiger partial charge in [0.25, 0.3) is 0 Å². The molecule has 0 aliphatic carbocycles. The lowest BCUT2D eigenvalue weighted by molar-refractivity contribution is 0.403. The fourth-order valence-electron chi connectivity index (χ4n) is 1.50. The number of rotatable bonds is 5. The van der Waals surface area contributed by atoms with Gasteiger partial charge in [0, 0.05) is 12.3 Å². The molecule has 0 fully saturated rings. The molecule has 0 bridgehead atoms. The predicted octanol–water partition coefficient (Wildman–Crippen LogP) is -0.124. The van der Waals surface area contributed by atoms with Gasteiger partial charge in [0.05, 0.1) is 5.69 Å². The molecule has 18 heavy (non-hydrogen) atoms. The summed E-state index contributed by atoms with van der Waals surface area (Å²) < 4.78 is 6.65. The summed E-state index contributed by atoms with van der Waals surface area (Å²) in [7, 11) is 0. The van der Waals surface area contributed by atoms with Crippen molar-refractivity contribution in [3.63, 3.8) is 0 Å². The molecule has 2 aromatic rings. The van der Waals surface area contributed by atoms with Crippen molar-refractivity contribution in [2.45, 2.75) is 19.4 Å². The third-order valence-electron chi connectivity index (χ3n) is 2.41. The number of hydrogen-bond donors (Lipinski definition) is 2. The lowest BCUT2D eigenvalue weighted by atomic mass is 10.2. The van der Waals surface area contributed by atoms with E-state index in [1.807, 2.05) is 0 Å². The van der Waals surface area contributed by atoms with E-state index in [0.717, 1.165) is 24.8 Å². The maximum Gasteiger partial charge on any atom is 0.226 e. The molecule has 2 rings (SSSR count). The average molecular weight is 250 g/mol. The summed E-state index contributed by atoms with van der Waals surface area (Å²) in [6.07, 6.45) is 4.43. The zero-order chi connectivity index (χ0) is 13.0. The zero-order valence-electron chi connectivity index (χ0n) is 9.74. The number of hydrogen-bond acceptors (Lipinski definition) is 6. The standard InChI is InChI=1S/C11H14N4O3/c12-3-1-2-8-5-15(14-13-8)6-9-4-10(16)11(17)7-18-9/h4-5,7,17H,1-3,6,12H2. The van der Waals surface area contributed by atoms with Crippen LogP contribution in [0.15, 0.2) is 27.7 Å². The minimum Gasteiger partial charge on any atom is -0.502 e. The van der Waals surface area contributed by atoms with Gasteiger partial charge in [-0.3, -0.25) is 4.79 Å². The van der Waals surface area contributed by atoms with Crippen LogP contribution in [0.5, 0.6) is 5.75 Å². The molecule has 0 spiro atoms. The zero-order valence-corrected chi connectivity index (χ0v) is 9.74. The van der Waals surface area contributed by atoms with E-state index < -0.39 is 11.2 Å². The quantitative estimate of drug-likeness (QED) is 0.765. The topological polar surface area (TPSA) is 107 Å². The molecule has 0 saturated carbocycles. The Balaban J connectivity index is 2.06. The monoisotopic (exact) mass is 250 g/mol. The van der Waals surface area contributed by atoms with Gasteiger partial charge in [-0.2, -0.15) is 0 Å².